The van der Waals surface area contributed by atoms with Crippen molar-refractivity contribution in [3.63, 3.8) is 0 Å². The minimum Gasteiger partial charge on any atom is -0.466 e. The van der Waals surface area contributed by atoms with Crippen LogP contribution in [-0.2, 0) is 9.53 Å². The van der Waals surface area contributed by atoms with Crippen LogP contribution in [0.25, 0.3) is 0 Å². The Bertz CT molecular complexity index is 484. The van der Waals surface area contributed by atoms with Crippen LogP contribution in [0.5, 0.6) is 0 Å². The van der Waals surface area contributed by atoms with Gasteiger partial charge in [-0.1, -0.05) is 18.0 Å². The number of carbonyl (C=O) groups excluding carboxylic acids is 1. The number of hydrogen-bond acceptors (Lipinski definition) is 4. The maximum atomic E-state index is 11.8. The highest BCUT2D eigenvalue weighted by Gasteiger charge is 2.28. The number of pyridine rings is 1. The number of halogens is 2. The van der Waals surface area contributed by atoms with E-state index in [1.54, 1.807) is 6.20 Å². The fourth-order valence-electron chi connectivity index (χ4n) is 2.53. The third-order valence-corrected chi connectivity index (χ3v) is 4.60. The predicted octanol–water partition coefficient (Wildman–Crippen LogP) is 4.03. The molecule has 1 heterocycles. The fourth-order valence-corrected chi connectivity index (χ4v) is 2.98. The molecule has 0 spiro atoms. The van der Waals surface area contributed by atoms with E-state index in [4.69, 9.17) is 16.3 Å². The fraction of sp³-hybridized carbons (Fsp3) is 0.571. The van der Waals surface area contributed by atoms with Crippen LogP contribution < -0.4 is 5.32 Å². The Balaban J connectivity index is 1.95. The predicted molar refractivity (Wildman–Crippen MR) is 82.9 cm³/mol. The minimum absolute atomic E-state index is 0.00454. The number of anilines is 1. The lowest BCUT2D eigenvalue weighted by molar-refractivity contribution is -0.149. The Labute approximate surface area is 132 Å². The van der Waals surface area contributed by atoms with Crippen LogP contribution in [0.2, 0.25) is 5.15 Å². The molecule has 1 N–H and O–H groups in total. The van der Waals surface area contributed by atoms with Crippen LogP contribution in [-0.4, -0.2) is 23.6 Å². The van der Waals surface area contributed by atoms with Gasteiger partial charge in [0.2, 0.25) is 0 Å². The van der Waals surface area contributed by atoms with Gasteiger partial charge in [0.15, 0.2) is 0 Å². The number of ether oxygens (including phenoxy) is 1. The first kappa shape index (κ1) is 15.6. The largest absolute Gasteiger partial charge is 0.466 e. The molecule has 1 aromatic rings. The van der Waals surface area contributed by atoms with Crippen molar-refractivity contribution in [3.8, 4) is 0 Å². The molecule has 0 saturated heterocycles. The van der Waals surface area contributed by atoms with E-state index in [9.17, 15) is 4.79 Å². The van der Waals surface area contributed by atoms with E-state index in [-0.39, 0.29) is 17.9 Å². The summed E-state index contributed by atoms with van der Waals surface area (Å²) in [6, 6.07) is 2.18. The molecule has 2 atom stereocenters. The molecule has 20 heavy (non-hydrogen) atoms. The van der Waals surface area contributed by atoms with Crippen molar-refractivity contribution in [3.05, 3.63) is 21.9 Å². The van der Waals surface area contributed by atoms with Crippen molar-refractivity contribution >= 4 is 39.2 Å². The number of nitrogens with zero attached hydrogens (tertiary/aromatic N) is 1. The van der Waals surface area contributed by atoms with Gasteiger partial charge >= 0.3 is 5.97 Å². The summed E-state index contributed by atoms with van der Waals surface area (Å²) in [5, 5.41) is 3.86. The molecule has 2 rings (SSSR count). The summed E-state index contributed by atoms with van der Waals surface area (Å²) in [6.45, 7) is 2.29. The second kappa shape index (κ2) is 7.27. The van der Waals surface area contributed by atoms with Gasteiger partial charge in [0.05, 0.1) is 28.9 Å². The van der Waals surface area contributed by atoms with Gasteiger partial charge in [0.25, 0.3) is 0 Å². The lowest BCUT2D eigenvalue weighted by Crippen LogP contribution is -2.32. The van der Waals surface area contributed by atoms with Crippen LogP contribution in [0.4, 0.5) is 5.69 Å². The third kappa shape index (κ3) is 4.09. The second-order valence-corrected chi connectivity index (χ2v) is 6.17. The summed E-state index contributed by atoms with van der Waals surface area (Å²) in [7, 11) is 0. The molecule has 0 radical (unpaired) electrons. The van der Waals surface area contributed by atoms with E-state index in [0.29, 0.717) is 11.8 Å². The lowest BCUT2D eigenvalue weighted by Gasteiger charge is -2.29. The Kier molecular flexibility index (Phi) is 5.66. The zero-order valence-corrected chi connectivity index (χ0v) is 13.7. The van der Waals surface area contributed by atoms with E-state index in [0.717, 1.165) is 35.8 Å². The van der Waals surface area contributed by atoms with E-state index in [1.807, 2.05) is 13.0 Å². The summed E-state index contributed by atoms with van der Waals surface area (Å²) in [4.78, 5) is 15.9. The maximum absolute atomic E-state index is 11.8. The van der Waals surface area contributed by atoms with Crippen molar-refractivity contribution in [2.45, 2.75) is 38.6 Å². The first-order valence-corrected chi connectivity index (χ1v) is 8.01. The Morgan fingerprint density at radius 1 is 1.60 bits per heavy atom. The van der Waals surface area contributed by atoms with E-state index in [1.165, 1.54) is 0 Å². The van der Waals surface area contributed by atoms with Gasteiger partial charge in [-0.05, 0) is 48.2 Å². The smallest absolute Gasteiger partial charge is 0.308 e. The summed E-state index contributed by atoms with van der Waals surface area (Å²) in [5.74, 6) is -0.0701. The zero-order chi connectivity index (χ0) is 14.5. The molecule has 0 amide bonds. The summed E-state index contributed by atoms with van der Waals surface area (Å²) < 4.78 is 5.88. The molecule has 0 aliphatic heterocycles. The Morgan fingerprint density at radius 2 is 2.40 bits per heavy atom. The summed E-state index contributed by atoms with van der Waals surface area (Å²) in [5.41, 5.74) is 0.913. The second-order valence-electron chi connectivity index (χ2n) is 4.95. The number of rotatable bonds is 4. The quantitative estimate of drug-likeness (QED) is 0.650. The number of nitrogens with one attached hydrogen (secondary N) is 1. The molecule has 0 aromatic carbocycles. The van der Waals surface area contributed by atoms with Gasteiger partial charge in [0.1, 0.15) is 5.15 Å². The van der Waals surface area contributed by atoms with E-state index in [2.05, 4.69) is 26.2 Å². The van der Waals surface area contributed by atoms with Crippen molar-refractivity contribution in [1.82, 2.24) is 4.98 Å². The van der Waals surface area contributed by atoms with E-state index < -0.39 is 0 Å². The van der Waals surface area contributed by atoms with Crippen LogP contribution in [0.1, 0.15) is 32.6 Å². The third-order valence-electron chi connectivity index (χ3n) is 3.46. The van der Waals surface area contributed by atoms with Crippen molar-refractivity contribution in [2.75, 3.05) is 11.9 Å². The highest BCUT2D eigenvalue weighted by Crippen LogP contribution is 2.29. The van der Waals surface area contributed by atoms with Crippen LogP contribution in [0.3, 0.4) is 0 Å². The van der Waals surface area contributed by atoms with Gasteiger partial charge < -0.3 is 10.1 Å². The van der Waals surface area contributed by atoms with Gasteiger partial charge in [0, 0.05) is 6.04 Å². The van der Waals surface area contributed by atoms with Crippen molar-refractivity contribution in [1.29, 1.82) is 0 Å². The average molecular weight is 362 g/mol. The normalized spacial score (nSPS) is 22.4. The standard InChI is InChI=1S/C14H18BrClN2O2/c1-2-20-14(19)9-4-3-5-10(6-9)18-11-7-12(15)13(16)17-8-11/h7-10,18H,2-6H2,1H3. The molecule has 4 nitrogen and oxygen atoms in total. The monoisotopic (exact) mass is 360 g/mol. The van der Waals surface area contributed by atoms with Crippen LogP contribution >= 0.6 is 27.5 Å². The highest BCUT2D eigenvalue weighted by atomic mass is 79.9. The first-order valence-electron chi connectivity index (χ1n) is 6.84. The Morgan fingerprint density at radius 3 is 3.10 bits per heavy atom. The summed E-state index contributed by atoms with van der Waals surface area (Å²) in [6.07, 6.45) is 5.51. The van der Waals surface area contributed by atoms with Gasteiger partial charge in [-0.15, -0.1) is 0 Å². The molecular formula is C14H18BrClN2O2. The van der Waals surface area contributed by atoms with Crippen molar-refractivity contribution in [2.24, 2.45) is 5.92 Å². The molecule has 2 unspecified atom stereocenters. The molecule has 1 fully saturated rings. The average Bonchev–Trinajstić information content (AvgIpc) is 2.43. The highest BCUT2D eigenvalue weighted by molar-refractivity contribution is 9.10. The number of hydrogen-bond donors (Lipinski definition) is 1. The molecule has 1 saturated carbocycles. The number of aromatic nitrogens is 1. The maximum Gasteiger partial charge on any atom is 0.308 e. The molecule has 110 valence electrons. The molecule has 0 bridgehead atoms. The summed E-state index contributed by atoms with van der Waals surface area (Å²) >= 11 is 9.23. The molecule has 6 heteroatoms. The lowest BCUT2D eigenvalue weighted by atomic mass is 9.85. The van der Waals surface area contributed by atoms with Crippen LogP contribution in [0, 0.1) is 5.92 Å². The van der Waals surface area contributed by atoms with Crippen LogP contribution in [0.15, 0.2) is 16.7 Å². The first-order chi connectivity index (χ1) is 9.60. The van der Waals surface area contributed by atoms with Gasteiger partial charge in [-0.2, -0.15) is 0 Å². The number of carbonyl (C=O) groups is 1. The zero-order valence-electron chi connectivity index (χ0n) is 11.4. The van der Waals surface area contributed by atoms with Crippen molar-refractivity contribution < 1.29 is 9.53 Å². The number of esters is 1. The molecule has 1 aromatic heterocycles. The van der Waals surface area contributed by atoms with Gasteiger partial charge in [-0.25, -0.2) is 4.98 Å². The van der Waals surface area contributed by atoms with E-state index >= 15 is 0 Å². The molecule has 1 aliphatic carbocycles. The Hall–Kier alpha value is -0.810. The minimum atomic E-state index is -0.0746. The van der Waals surface area contributed by atoms with Gasteiger partial charge in [-0.3, -0.25) is 4.79 Å². The molecule has 1 aliphatic rings. The molecular weight excluding hydrogens is 344 g/mol. The SMILES string of the molecule is CCOC(=O)C1CCCC(Nc2cnc(Cl)c(Br)c2)C1. The topological polar surface area (TPSA) is 51.2 Å².